The summed E-state index contributed by atoms with van der Waals surface area (Å²) in [7, 11) is 0. The number of pyridine rings is 1. The van der Waals surface area contributed by atoms with Crippen LogP contribution in [0.4, 0.5) is 10.6 Å². The lowest BCUT2D eigenvalue weighted by molar-refractivity contribution is -0.139. The summed E-state index contributed by atoms with van der Waals surface area (Å²) in [6.07, 6.45) is 8.07. The van der Waals surface area contributed by atoms with Crippen LogP contribution < -0.4 is 10.6 Å². The Morgan fingerprint density at radius 3 is 2.58 bits per heavy atom. The van der Waals surface area contributed by atoms with Crippen molar-refractivity contribution in [2.24, 2.45) is 5.92 Å². The fourth-order valence-electron chi connectivity index (χ4n) is 5.07. The van der Waals surface area contributed by atoms with Crippen LogP contribution in [0, 0.1) is 5.92 Å². The van der Waals surface area contributed by atoms with Gasteiger partial charge in [-0.3, -0.25) is 0 Å². The summed E-state index contributed by atoms with van der Waals surface area (Å²) < 4.78 is 5.87. The molecular formula is C29H49N5O4. The van der Waals surface area contributed by atoms with E-state index >= 15 is 0 Å². The van der Waals surface area contributed by atoms with Crippen LogP contribution in [0.25, 0.3) is 0 Å². The molecule has 1 aromatic rings. The monoisotopic (exact) mass is 531 g/mol. The van der Waals surface area contributed by atoms with Gasteiger partial charge in [-0.25, -0.2) is 14.6 Å². The Labute approximate surface area is 228 Å². The average molecular weight is 532 g/mol. The number of nitrogens with zero attached hydrogens (tertiary/aromatic N) is 3. The number of unbranched alkanes of at least 4 members (excludes halogenated alkanes) is 1. The number of carbonyl (C=O) groups is 2. The van der Waals surface area contributed by atoms with Crippen LogP contribution in [0.2, 0.25) is 0 Å². The van der Waals surface area contributed by atoms with E-state index < -0.39 is 12.0 Å². The number of amides is 2. The van der Waals surface area contributed by atoms with Crippen molar-refractivity contribution >= 4 is 17.8 Å². The van der Waals surface area contributed by atoms with Crippen molar-refractivity contribution < 1.29 is 19.4 Å². The summed E-state index contributed by atoms with van der Waals surface area (Å²) in [6.45, 7) is 12.4. The van der Waals surface area contributed by atoms with Crippen LogP contribution in [0.3, 0.4) is 0 Å². The quantitative estimate of drug-likeness (QED) is 0.259. The Kier molecular flexibility index (Phi) is 12.1. The molecule has 3 rings (SSSR count). The van der Waals surface area contributed by atoms with Gasteiger partial charge in [0.25, 0.3) is 0 Å². The van der Waals surface area contributed by atoms with Crippen molar-refractivity contribution in [1.82, 2.24) is 20.1 Å². The highest BCUT2D eigenvalue weighted by Gasteiger charge is 2.27. The third kappa shape index (κ3) is 10.1. The highest BCUT2D eigenvalue weighted by atomic mass is 16.5. The minimum absolute atomic E-state index is 0.00931. The molecule has 9 heteroatoms. The first-order valence-corrected chi connectivity index (χ1v) is 14.6. The van der Waals surface area contributed by atoms with Crippen LogP contribution in [-0.2, 0) is 22.4 Å². The van der Waals surface area contributed by atoms with E-state index in [1.807, 2.05) is 27.7 Å². The smallest absolute Gasteiger partial charge is 0.326 e. The molecule has 0 radical (unpaired) electrons. The fraction of sp³-hybridized carbons (Fsp3) is 0.759. The number of nitrogens with one attached hydrogen (secondary N) is 2. The molecule has 0 bridgehead atoms. The summed E-state index contributed by atoms with van der Waals surface area (Å²) in [4.78, 5) is 33.6. The molecule has 1 fully saturated rings. The molecule has 1 aliphatic carbocycles. The number of ether oxygens (including phenoxy) is 1. The Morgan fingerprint density at radius 2 is 1.89 bits per heavy atom. The number of aliphatic carboxylic acids is 1. The van der Waals surface area contributed by atoms with Crippen LogP contribution in [-0.4, -0.2) is 89.4 Å². The zero-order valence-corrected chi connectivity index (χ0v) is 23.9. The van der Waals surface area contributed by atoms with Gasteiger partial charge in [-0.1, -0.05) is 6.07 Å². The molecule has 2 amide bonds. The lowest BCUT2D eigenvalue weighted by Gasteiger charge is -2.32. The van der Waals surface area contributed by atoms with Crippen molar-refractivity contribution in [3.63, 3.8) is 0 Å². The molecule has 9 nitrogen and oxygen atoms in total. The summed E-state index contributed by atoms with van der Waals surface area (Å²) in [5.41, 5.74) is 2.42. The van der Waals surface area contributed by atoms with E-state index in [4.69, 9.17) is 9.72 Å². The summed E-state index contributed by atoms with van der Waals surface area (Å²) in [5, 5.41) is 16.0. The van der Waals surface area contributed by atoms with Gasteiger partial charge in [0.2, 0.25) is 0 Å². The maximum absolute atomic E-state index is 12.8. The number of aromatic nitrogens is 1. The van der Waals surface area contributed by atoms with Gasteiger partial charge >= 0.3 is 12.0 Å². The first-order chi connectivity index (χ1) is 18.2. The second-order valence-electron chi connectivity index (χ2n) is 11.4. The molecule has 1 unspecified atom stereocenters. The molecule has 1 atom stereocenters. The molecular weight excluding hydrogens is 482 g/mol. The number of carboxylic acid groups (broad SMARTS) is 1. The van der Waals surface area contributed by atoms with Gasteiger partial charge in [0.05, 0.1) is 6.61 Å². The number of carbonyl (C=O) groups excluding carboxylic acids is 1. The van der Waals surface area contributed by atoms with E-state index in [0.29, 0.717) is 19.6 Å². The predicted octanol–water partition coefficient (Wildman–Crippen LogP) is 4.16. The SMILES string of the molecule is CC(C)N(C(=O)NC(CCN(CCCCc1ccc2c(n1)NCCC2)CCOCC1CC1)C(=O)O)C(C)C. The van der Waals surface area contributed by atoms with E-state index in [-0.39, 0.29) is 18.1 Å². The van der Waals surface area contributed by atoms with Gasteiger partial charge in [-0.15, -0.1) is 0 Å². The van der Waals surface area contributed by atoms with Crippen molar-refractivity contribution in [1.29, 1.82) is 0 Å². The summed E-state index contributed by atoms with van der Waals surface area (Å²) >= 11 is 0. The molecule has 0 aromatic carbocycles. The second-order valence-corrected chi connectivity index (χ2v) is 11.4. The van der Waals surface area contributed by atoms with Crippen LogP contribution in [0.1, 0.15) is 77.5 Å². The van der Waals surface area contributed by atoms with Gasteiger partial charge in [0.1, 0.15) is 11.9 Å². The number of hydrogen-bond acceptors (Lipinski definition) is 6. The minimum atomic E-state index is -0.997. The average Bonchev–Trinajstić information content (AvgIpc) is 3.70. The van der Waals surface area contributed by atoms with Gasteiger partial charge in [0, 0.05) is 44.0 Å². The van der Waals surface area contributed by atoms with Crippen molar-refractivity contribution in [3.05, 3.63) is 23.4 Å². The van der Waals surface area contributed by atoms with Crippen LogP contribution in [0.5, 0.6) is 0 Å². The Hall–Kier alpha value is -2.39. The predicted molar refractivity (Wildman–Crippen MR) is 151 cm³/mol. The molecule has 1 aromatic heterocycles. The van der Waals surface area contributed by atoms with E-state index in [9.17, 15) is 14.7 Å². The topological polar surface area (TPSA) is 107 Å². The van der Waals surface area contributed by atoms with Gasteiger partial charge in [-0.2, -0.15) is 0 Å². The first kappa shape index (κ1) is 30.2. The Balaban J connectivity index is 1.49. The van der Waals surface area contributed by atoms with Crippen molar-refractivity contribution in [3.8, 4) is 0 Å². The number of rotatable bonds is 17. The standard InChI is InChI=1S/C29H49N5O4/c1-21(2)34(22(3)4)29(37)32-26(28(35)36)14-17-33(18-19-38-20-23-10-11-23)16-6-5-9-25-13-12-24-8-7-15-30-27(24)31-25/h12-13,21-23,26H,5-11,14-20H2,1-4H3,(H,30,31)(H,32,37)(H,35,36). The van der Waals surface area contributed by atoms with E-state index in [0.717, 1.165) is 75.8 Å². The normalized spacial score (nSPS) is 15.9. The summed E-state index contributed by atoms with van der Waals surface area (Å²) in [6, 6.07) is 3.08. The molecule has 0 saturated heterocycles. The van der Waals surface area contributed by atoms with Crippen LogP contribution in [0.15, 0.2) is 12.1 Å². The first-order valence-electron chi connectivity index (χ1n) is 14.6. The molecule has 1 saturated carbocycles. The third-order valence-electron chi connectivity index (χ3n) is 7.39. The second kappa shape index (κ2) is 15.3. The molecule has 2 aliphatic rings. The number of carboxylic acids is 1. The molecule has 1 aliphatic heterocycles. The molecule has 214 valence electrons. The van der Waals surface area contributed by atoms with Crippen molar-refractivity contribution in [2.75, 3.05) is 44.7 Å². The zero-order valence-electron chi connectivity index (χ0n) is 23.9. The highest BCUT2D eigenvalue weighted by molar-refractivity contribution is 5.82. The lowest BCUT2D eigenvalue weighted by atomic mass is 10.1. The number of aryl methyl sites for hydroxylation is 2. The number of fused-ring (bicyclic) bond motifs is 1. The lowest BCUT2D eigenvalue weighted by Crippen LogP contribution is -2.53. The summed E-state index contributed by atoms with van der Waals surface area (Å²) in [5.74, 6) is 0.764. The highest BCUT2D eigenvalue weighted by Crippen LogP contribution is 2.28. The largest absolute Gasteiger partial charge is 0.480 e. The molecule has 3 N–H and O–H groups in total. The molecule has 0 spiro atoms. The zero-order chi connectivity index (χ0) is 27.5. The molecule has 2 heterocycles. The third-order valence-corrected chi connectivity index (χ3v) is 7.39. The van der Waals surface area contributed by atoms with Crippen LogP contribution >= 0.6 is 0 Å². The van der Waals surface area contributed by atoms with E-state index in [1.54, 1.807) is 4.90 Å². The fourth-order valence-corrected chi connectivity index (χ4v) is 5.07. The minimum Gasteiger partial charge on any atom is -0.480 e. The maximum Gasteiger partial charge on any atom is 0.326 e. The van der Waals surface area contributed by atoms with E-state index in [2.05, 4.69) is 27.7 Å². The van der Waals surface area contributed by atoms with Crippen molar-refractivity contribution in [2.45, 2.75) is 97.2 Å². The van der Waals surface area contributed by atoms with Gasteiger partial charge in [0.15, 0.2) is 0 Å². The van der Waals surface area contributed by atoms with E-state index in [1.165, 1.54) is 18.4 Å². The van der Waals surface area contributed by atoms with Gasteiger partial charge in [-0.05, 0) is 103 Å². The maximum atomic E-state index is 12.8. The number of hydrogen-bond donors (Lipinski definition) is 3. The number of anilines is 1. The Morgan fingerprint density at radius 1 is 1.13 bits per heavy atom. The molecule has 38 heavy (non-hydrogen) atoms. The van der Waals surface area contributed by atoms with Gasteiger partial charge < -0.3 is 30.3 Å². The Bertz CT molecular complexity index is 882. The number of urea groups is 1.